The third-order valence-electron chi connectivity index (χ3n) is 5.25. The maximum Gasteiger partial charge on any atom is 0.0534 e. The molecule has 0 N–H and O–H groups in total. The van der Waals surface area contributed by atoms with Crippen LogP contribution in [0.5, 0.6) is 0 Å². The number of aromatic nitrogens is 3. The minimum Gasteiger partial charge on any atom is -0.298 e. The predicted molar refractivity (Wildman–Crippen MR) is 109 cm³/mol. The third-order valence-corrected chi connectivity index (χ3v) is 5.61. The highest BCUT2D eigenvalue weighted by atomic mass is 35.5. The summed E-state index contributed by atoms with van der Waals surface area (Å²) in [6.07, 6.45) is 7.26. The Labute approximate surface area is 165 Å². The molecule has 1 aromatic carbocycles. The molecule has 4 nitrogen and oxygen atoms in total. The zero-order valence-corrected chi connectivity index (χ0v) is 16.4. The summed E-state index contributed by atoms with van der Waals surface area (Å²) in [5.41, 5.74) is 4.70. The first-order valence-electron chi connectivity index (χ1n) is 9.56. The van der Waals surface area contributed by atoms with Crippen molar-refractivity contribution < 1.29 is 0 Å². The van der Waals surface area contributed by atoms with E-state index in [1.54, 1.807) is 0 Å². The molecule has 27 heavy (non-hydrogen) atoms. The van der Waals surface area contributed by atoms with Gasteiger partial charge in [0, 0.05) is 60.6 Å². The molecule has 2 aromatic heterocycles. The Balaban J connectivity index is 1.45. The van der Waals surface area contributed by atoms with Crippen LogP contribution in [0.1, 0.15) is 41.3 Å². The van der Waals surface area contributed by atoms with Crippen LogP contribution in [-0.4, -0.2) is 32.8 Å². The highest BCUT2D eigenvalue weighted by Gasteiger charge is 2.23. The second-order valence-corrected chi connectivity index (χ2v) is 7.83. The standard InChI is InChI=1S/C22H25ClN4/c1-26-14-17(13-24-26)15-27-11-5-7-19(16-27)22-10-4-8-20(25-22)12-18-6-2-3-9-21(18)23/h2-4,6,8-10,13-14,19H,5,7,11-12,15-16H2,1H3/t19-/m1/s1. The Morgan fingerprint density at radius 3 is 2.85 bits per heavy atom. The third kappa shape index (κ3) is 4.57. The molecule has 1 aliphatic rings. The molecule has 3 aromatic rings. The largest absolute Gasteiger partial charge is 0.298 e. The number of rotatable bonds is 5. The number of hydrogen-bond donors (Lipinski definition) is 0. The first kappa shape index (κ1) is 18.2. The van der Waals surface area contributed by atoms with Gasteiger partial charge < -0.3 is 0 Å². The fraction of sp³-hybridized carbons (Fsp3) is 0.364. The Hall–Kier alpha value is -2.17. The van der Waals surface area contributed by atoms with Crippen LogP contribution in [0.25, 0.3) is 0 Å². The lowest BCUT2D eigenvalue weighted by Crippen LogP contribution is -2.34. The lowest BCUT2D eigenvalue weighted by atomic mass is 9.93. The van der Waals surface area contributed by atoms with Crippen molar-refractivity contribution in [1.29, 1.82) is 0 Å². The smallest absolute Gasteiger partial charge is 0.0534 e. The number of hydrogen-bond acceptors (Lipinski definition) is 3. The maximum atomic E-state index is 6.32. The first-order valence-corrected chi connectivity index (χ1v) is 9.94. The van der Waals surface area contributed by atoms with E-state index in [9.17, 15) is 0 Å². The molecule has 0 aliphatic carbocycles. The number of nitrogens with zero attached hydrogens (tertiary/aromatic N) is 4. The Kier molecular flexibility index (Phi) is 5.55. The van der Waals surface area contributed by atoms with Crippen LogP contribution < -0.4 is 0 Å². The molecule has 5 heteroatoms. The van der Waals surface area contributed by atoms with Crippen molar-refractivity contribution >= 4 is 11.6 Å². The molecular formula is C22H25ClN4. The summed E-state index contributed by atoms with van der Waals surface area (Å²) in [6, 6.07) is 14.4. The zero-order valence-electron chi connectivity index (χ0n) is 15.7. The lowest BCUT2D eigenvalue weighted by molar-refractivity contribution is 0.198. The molecular weight excluding hydrogens is 356 g/mol. The number of benzene rings is 1. The minimum absolute atomic E-state index is 0.488. The van der Waals surface area contributed by atoms with Crippen molar-refractivity contribution in [2.45, 2.75) is 31.7 Å². The molecule has 0 amide bonds. The van der Waals surface area contributed by atoms with Gasteiger partial charge in [-0.1, -0.05) is 35.9 Å². The molecule has 140 valence electrons. The van der Waals surface area contributed by atoms with Gasteiger partial charge >= 0.3 is 0 Å². The van der Waals surface area contributed by atoms with E-state index in [1.807, 2.05) is 36.1 Å². The van der Waals surface area contributed by atoms with E-state index in [0.717, 1.165) is 42.3 Å². The number of halogens is 1. The molecule has 3 heterocycles. The van der Waals surface area contributed by atoms with E-state index >= 15 is 0 Å². The first-order chi connectivity index (χ1) is 13.2. The summed E-state index contributed by atoms with van der Waals surface area (Å²) in [5.74, 6) is 0.488. The topological polar surface area (TPSA) is 34.0 Å². The summed E-state index contributed by atoms with van der Waals surface area (Å²) in [7, 11) is 1.97. The summed E-state index contributed by atoms with van der Waals surface area (Å²) in [5, 5.41) is 5.09. The van der Waals surface area contributed by atoms with Crippen molar-refractivity contribution in [2.24, 2.45) is 7.05 Å². The molecule has 0 bridgehead atoms. The van der Waals surface area contributed by atoms with E-state index < -0.39 is 0 Å². The average Bonchev–Trinajstić information content (AvgIpc) is 3.09. The van der Waals surface area contributed by atoms with Crippen LogP contribution in [0.15, 0.2) is 54.9 Å². The van der Waals surface area contributed by atoms with Crippen molar-refractivity contribution in [1.82, 2.24) is 19.7 Å². The number of likely N-dealkylation sites (tertiary alicyclic amines) is 1. The fourth-order valence-electron chi connectivity index (χ4n) is 3.91. The fourth-order valence-corrected chi connectivity index (χ4v) is 4.12. The molecule has 1 atom stereocenters. The summed E-state index contributed by atoms with van der Waals surface area (Å²) < 4.78 is 1.87. The second-order valence-electron chi connectivity index (χ2n) is 7.42. The van der Waals surface area contributed by atoms with Gasteiger partial charge in [-0.05, 0) is 43.1 Å². The van der Waals surface area contributed by atoms with Crippen LogP contribution in [0, 0.1) is 0 Å². The average molecular weight is 381 g/mol. The van der Waals surface area contributed by atoms with Crippen LogP contribution >= 0.6 is 11.6 Å². The predicted octanol–water partition coefficient (Wildman–Crippen LogP) is 4.44. The molecule has 1 saturated heterocycles. The molecule has 0 unspecified atom stereocenters. The highest BCUT2D eigenvalue weighted by Crippen LogP contribution is 2.27. The van der Waals surface area contributed by atoms with Crippen LogP contribution in [0.3, 0.4) is 0 Å². The Bertz CT molecular complexity index is 905. The van der Waals surface area contributed by atoms with Crippen molar-refractivity contribution in [3.63, 3.8) is 0 Å². The molecule has 1 fully saturated rings. The molecule has 4 rings (SSSR count). The van der Waals surface area contributed by atoms with Gasteiger partial charge in [0.2, 0.25) is 0 Å². The summed E-state index contributed by atoms with van der Waals surface area (Å²) in [4.78, 5) is 7.50. The van der Waals surface area contributed by atoms with Crippen LogP contribution in [0.4, 0.5) is 0 Å². The van der Waals surface area contributed by atoms with E-state index in [4.69, 9.17) is 16.6 Å². The van der Waals surface area contributed by atoms with Gasteiger partial charge in [0.15, 0.2) is 0 Å². The van der Waals surface area contributed by atoms with Crippen molar-refractivity contribution in [3.05, 3.63) is 82.4 Å². The van der Waals surface area contributed by atoms with E-state index in [0.29, 0.717) is 5.92 Å². The SMILES string of the molecule is Cn1cc(CN2CCC[C@@H](c3cccc(Cc4ccccc4Cl)n3)C2)cn1. The van der Waals surface area contributed by atoms with Gasteiger partial charge in [0.05, 0.1) is 6.20 Å². The number of aryl methyl sites for hydroxylation is 1. The van der Waals surface area contributed by atoms with Gasteiger partial charge in [-0.3, -0.25) is 14.6 Å². The monoisotopic (exact) mass is 380 g/mol. The molecule has 0 saturated carbocycles. The van der Waals surface area contributed by atoms with Crippen LogP contribution in [0.2, 0.25) is 5.02 Å². The van der Waals surface area contributed by atoms with Gasteiger partial charge in [0.25, 0.3) is 0 Å². The van der Waals surface area contributed by atoms with Gasteiger partial charge in [-0.2, -0.15) is 5.10 Å². The normalized spacial score (nSPS) is 17.9. The number of piperidine rings is 1. The quantitative estimate of drug-likeness (QED) is 0.656. The maximum absolute atomic E-state index is 6.32. The second kappa shape index (κ2) is 8.24. The van der Waals surface area contributed by atoms with Crippen LogP contribution in [-0.2, 0) is 20.0 Å². The van der Waals surface area contributed by atoms with E-state index in [1.165, 1.54) is 24.1 Å². The van der Waals surface area contributed by atoms with Crippen molar-refractivity contribution in [3.8, 4) is 0 Å². The van der Waals surface area contributed by atoms with E-state index in [2.05, 4.69) is 40.5 Å². The highest BCUT2D eigenvalue weighted by molar-refractivity contribution is 6.31. The Morgan fingerprint density at radius 2 is 2.04 bits per heavy atom. The van der Waals surface area contributed by atoms with Gasteiger partial charge in [0.1, 0.15) is 0 Å². The summed E-state index contributed by atoms with van der Waals surface area (Å²) in [6.45, 7) is 3.16. The van der Waals surface area contributed by atoms with Gasteiger partial charge in [-0.15, -0.1) is 0 Å². The molecule has 0 radical (unpaired) electrons. The molecule has 0 spiro atoms. The van der Waals surface area contributed by atoms with Crippen molar-refractivity contribution in [2.75, 3.05) is 13.1 Å². The minimum atomic E-state index is 0.488. The zero-order chi connectivity index (χ0) is 18.6. The van der Waals surface area contributed by atoms with E-state index in [-0.39, 0.29) is 0 Å². The Morgan fingerprint density at radius 1 is 1.15 bits per heavy atom. The lowest BCUT2D eigenvalue weighted by Gasteiger charge is -2.32. The molecule has 1 aliphatic heterocycles. The number of pyridine rings is 1. The van der Waals surface area contributed by atoms with Gasteiger partial charge in [-0.25, -0.2) is 0 Å². The summed E-state index contributed by atoms with van der Waals surface area (Å²) >= 11 is 6.32.